The maximum Gasteiger partial charge on any atom is 0.215 e. The number of rotatable bonds is 4. The van der Waals surface area contributed by atoms with Crippen LogP contribution in [0.15, 0.2) is 4.99 Å². The molecule has 1 heterocycles. The lowest BCUT2D eigenvalue weighted by Gasteiger charge is -2.25. The Bertz CT molecular complexity index is 367. The van der Waals surface area contributed by atoms with Crippen molar-refractivity contribution in [1.29, 1.82) is 0 Å². The van der Waals surface area contributed by atoms with Crippen LogP contribution in [0, 0.1) is 0 Å². The summed E-state index contributed by atoms with van der Waals surface area (Å²) in [7, 11) is 0.380. The van der Waals surface area contributed by atoms with Crippen molar-refractivity contribution in [2.45, 2.75) is 0 Å². The molecule has 1 fully saturated rings. The summed E-state index contributed by atoms with van der Waals surface area (Å²) >= 11 is 1.79. The standard InChI is InChI=1S/C9H20N4O2S2.HI/c1-12(2)9(10)11-3-8-17(14,15)13-4-6-16-7-5-13;/h3-8H2,1-2H3,(H2,10,11);1H. The van der Waals surface area contributed by atoms with Gasteiger partial charge in [0.15, 0.2) is 5.96 Å². The highest BCUT2D eigenvalue weighted by Gasteiger charge is 2.23. The third kappa shape index (κ3) is 5.93. The van der Waals surface area contributed by atoms with E-state index >= 15 is 0 Å². The number of aliphatic imine (C=N–C) groups is 1. The third-order valence-electron chi connectivity index (χ3n) is 2.44. The minimum Gasteiger partial charge on any atom is -0.370 e. The second-order valence-corrected chi connectivity index (χ2v) is 7.27. The van der Waals surface area contributed by atoms with E-state index in [1.807, 2.05) is 0 Å². The summed E-state index contributed by atoms with van der Waals surface area (Å²) in [5.74, 6) is 2.14. The Balaban J connectivity index is 0.00000289. The molecule has 0 saturated carbocycles. The number of thioether (sulfide) groups is 1. The van der Waals surface area contributed by atoms with Crippen molar-refractivity contribution in [1.82, 2.24) is 9.21 Å². The zero-order chi connectivity index (χ0) is 12.9. The number of sulfonamides is 1. The molecule has 9 heteroatoms. The van der Waals surface area contributed by atoms with Gasteiger partial charge in [0, 0.05) is 38.7 Å². The van der Waals surface area contributed by atoms with Crippen LogP contribution in [0.1, 0.15) is 0 Å². The maximum atomic E-state index is 11.9. The first-order valence-electron chi connectivity index (χ1n) is 5.46. The first-order valence-corrected chi connectivity index (χ1v) is 8.22. The molecule has 0 spiro atoms. The normalized spacial score (nSPS) is 18.2. The molecule has 18 heavy (non-hydrogen) atoms. The topological polar surface area (TPSA) is 79.0 Å². The first kappa shape index (κ1) is 18.3. The average Bonchev–Trinajstić information content (AvgIpc) is 2.29. The summed E-state index contributed by atoms with van der Waals surface area (Å²) in [6, 6.07) is 0. The summed E-state index contributed by atoms with van der Waals surface area (Å²) in [5, 5.41) is 0. The second-order valence-electron chi connectivity index (χ2n) is 3.96. The molecule has 1 aliphatic heterocycles. The second kappa shape index (κ2) is 8.43. The molecule has 2 N–H and O–H groups in total. The van der Waals surface area contributed by atoms with E-state index in [4.69, 9.17) is 5.73 Å². The van der Waals surface area contributed by atoms with Crippen LogP contribution < -0.4 is 5.73 Å². The van der Waals surface area contributed by atoms with Gasteiger partial charge in [0.05, 0.1) is 12.3 Å². The Morgan fingerprint density at radius 2 is 1.94 bits per heavy atom. The summed E-state index contributed by atoms with van der Waals surface area (Å²) in [6.45, 7) is 1.44. The highest BCUT2D eigenvalue weighted by molar-refractivity contribution is 14.0. The van der Waals surface area contributed by atoms with Gasteiger partial charge in [0.1, 0.15) is 0 Å². The molecule has 0 bridgehead atoms. The highest BCUT2D eigenvalue weighted by Crippen LogP contribution is 2.13. The number of hydrogen-bond donors (Lipinski definition) is 1. The lowest BCUT2D eigenvalue weighted by molar-refractivity contribution is 0.443. The third-order valence-corrected chi connectivity index (χ3v) is 5.24. The lowest BCUT2D eigenvalue weighted by atomic mass is 10.6. The van der Waals surface area contributed by atoms with Crippen molar-refractivity contribution in [3.05, 3.63) is 0 Å². The van der Waals surface area contributed by atoms with Crippen LogP contribution in [0.4, 0.5) is 0 Å². The molecule has 108 valence electrons. The largest absolute Gasteiger partial charge is 0.370 e. The van der Waals surface area contributed by atoms with Gasteiger partial charge in [-0.25, -0.2) is 12.7 Å². The predicted molar refractivity (Wildman–Crippen MR) is 88.3 cm³/mol. The molecular weight excluding hydrogens is 387 g/mol. The van der Waals surface area contributed by atoms with Crippen LogP contribution in [0.5, 0.6) is 0 Å². The maximum absolute atomic E-state index is 11.9. The smallest absolute Gasteiger partial charge is 0.215 e. The van der Waals surface area contributed by atoms with Crippen molar-refractivity contribution >= 4 is 51.7 Å². The Labute approximate surface area is 130 Å². The van der Waals surface area contributed by atoms with Crippen LogP contribution in [-0.2, 0) is 10.0 Å². The zero-order valence-electron chi connectivity index (χ0n) is 10.7. The van der Waals surface area contributed by atoms with E-state index in [-0.39, 0.29) is 36.3 Å². The fourth-order valence-electron chi connectivity index (χ4n) is 1.37. The van der Waals surface area contributed by atoms with Crippen molar-refractivity contribution in [3.8, 4) is 0 Å². The molecule has 0 aliphatic carbocycles. The van der Waals surface area contributed by atoms with E-state index < -0.39 is 10.0 Å². The van der Waals surface area contributed by atoms with Gasteiger partial charge in [0.25, 0.3) is 0 Å². The van der Waals surface area contributed by atoms with Gasteiger partial charge in [-0.1, -0.05) is 0 Å². The number of nitrogens with zero attached hydrogens (tertiary/aromatic N) is 3. The molecular formula is C9H21IN4O2S2. The van der Waals surface area contributed by atoms with Gasteiger partial charge < -0.3 is 10.6 Å². The molecule has 0 amide bonds. The molecule has 0 unspecified atom stereocenters. The van der Waals surface area contributed by atoms with Gasteiger partial charge >= 0.3 is 0 Å². The minimum atomic E-state index is -3.17. The van der Waals surface area contributed by atoms with Gasteiger partial charge in [-0.3, -0.25) is 4.99 Å². The quantitative estimate of drug-likeness (QED) is 0.398. The molecule has 0 atom stereocenters. The van der Waals surface area contributed by atoms with Crippen molar-refractivity contribution < 1.29 is 8.42 Å². The molecule has 0 aromatic rings. The Morgan fingerprint density at radius 1 is 1.39 bits per heavy atom. The van der Waals surface area contributed by atoms with Crippen LogP contribution in [0.3, 0.4) is 0 Å². The van der Waals surface area contributed by atoms with Crippen LogP contribution in [0.2, 0.25) is 0 Å². The first-order chi connectivity index (χ1) is 7.93. The van der Waals surface area contributed by atoms with Crippen molar-refractivity contribution in [3.63, 3.8) is 0 Å². The molecule has 0 aromatic heterocycles. The summed E-state index contributed by atoms with van der Waals surface area (Å²) in [4.78, 5) is 5.67. The molecule has 0 radical (unpaired) electrons. The molecule has 1 saturated heterocycles. The average molecular weight is 408 g/mol. The fourth-order valence-corrected chi connectivity index (χ4v) is 3.82. The Kier molecular flexibility index (Phi) is 8.56. The van der Waals surface area contributed by atoms with Crippen molar-refractivity contribution in [2.24, 2.45) is 10.7 Å². The van der Waals surface area contributed by atoms with Gasteiger partial charge in [-0.05, 0) is 0 Å². The summed E-state index contributed by atoms with van der Waals surface area (Å²) in [5.41, 5.74) is 5.59. The van der Waals surface area contributed by atoms with Crippen LogP contribution in [-0.4, -0.2) is 74.6 Å². The predicted octanol–water partition coefficient (Wildman–Crippen LogP) is -0.141. The highest BCUT2D eigenvalue weighted by atomic mass is 127. The molecule has 0 aromatic carbocycles. The molecule has 1 aliphatic rings. The number of hydrogen-bond acceptors (Lipinski definition) is 4. The zero-order valence-corrected chi connectivity index (χ0v) is 14.7. The van der Waals surface area contributed by atoms with Crippen molar-refractivity contribution in [2.75, 3.05) is 51.0 Å². The Hall–Kier alpha value is 0.260. The summed E-state index contributed by atoms with van der Waals surface area (Å²) in [6.07, 6.45) is 0. The van der Waals surface area contributed by atoms with E-state index in [0.717, 1.165) is 11.5 Å². The molecule has 6 nitrogen and oxygen atoms in total. The molecule has 1 rings (SSSR count). The van der Waals surface area contributed by atoms with Gasteiger partial charge in [-0.2, -0.15) is 11.8 Å². The van der Waals surface area contributed by atoms with E-state index in [2.05, 4.69) is 4.99 Å². The van der Waals surface area contributed by atoms with E-state index in [1.54, 1.807) is 35.1 Å². The monoisotopic (exact) mass is 408 g/mol. The minimum absolute atomic E-state index is 0. The Morgan fingerprint density at radius 3 is 2.44 bits per heavy atom. The van der Waals surface area contributed by atoms with Gasteiger partial charge in [-0.15, -0.1) is 24.0 Å². The van der Waals surface area contributed by atoms with E-state index in [1.165, 1.54) is 0 Å². The van der Waals surface area contributed by atoms with Gasteiger partial charge in [0.2, 0.25) is 10.0 Å². The fraction of sp³-hybridized carbons (Fsp3) is 0.889. The lowest BCUT2D eigenvalue weighted by Crippen LogP contribution is -2.40. The van der Waals surface area contributed by atoms with E-state index in [9.17, 15) is 8.42 Å². The van der Waals surface area contributed by atoms with Crippen LogP contribution in [0.25, 0.3) is 0 Å². The van der Waals surface area contributed by atoms with Crippen LogP contribution >= 0.6 is 35.7 Å². The number of nitrogens with two attached hydrogens (primary N) is 1. The summed E-state index contributed by atoms with van der Waals surface area (Å²) < 4.78 is 25.4. The number of halogens is 1. The number of guanidine groups is 1. The SMILES string of the molecule is CN(C)C(N)=NCCS(=O)(=O)N1CCSCC1.I. The van der Waals surface area contributed by atoms with E-state index in [0.29, 0.717) is 19.0 Å².